The summed E-state index contributed by atoms with van der Waals surface area (Å²) < 4.78 is 5.69. The molecule has 2 N–H and O–H groups in total. The summed E-state index contributed by atoms with van der Waals surface area (Å²) in [7, 11) is 1.78. The number of carbonyl (C=O) groups excluding carboxylic acids is 4. The summed E-state index contributed by atoms with van der Waals surface area (Å²) in [5.41, 5.74) is -0.157. The molecule has 0 aromatic heterocycles. The smallest absolute Gasteiger partial charge is 0.258 e. The molecule has 210 valence electrons. The van der Waals surface area contributed by atoms with Gasteiger partial charge in [0.25, 0.3) is 11.8 Å². The van der Waals surface area contributed by atoms with Crippen LogP contribution < -0.4 is 15.4 Å². The van der Waals surface area contributed by atoms with E-state index in [9.17, 15) is 19.2 Å². The normalized spacial score (nSPS) is 21.1. The topological polar surface area (TPSA) is 108 Å². The fourth-order valence-corrected chi connectivity index (χ4v) is 4.98. The van der Waals surface area contributed by atoms with E-state index in [0.717, 1.165) is 6.42 Å². The zero-order valence-electron chi connectivity index (χ0n) is 24.0. The van der Waals surface area contributed by atoms with Gasteiger partial charge < -0.3 is 25.2 Å². The number of piperidine rings is 1. The van der Waals surface area contributed by atoms with E-state index in [0.29, 0.717) is 18.9 Å². The summed E-state index contributed by atoms with van der Waals surface area (Å²) in [4.78, 5) is 56.1. The van der Waals surface area contributed by atoms with E-state index in [1.54, 1.807) is 41.1 Å². The maximum Gasteiger partial charge on any atom is 0.258 e. The first-order valence-corrected chi connectivity index (χ1v) is 13.6. The van der Waals surface area contributed by atoms with Crippen LogP contribution in [0.3, 0.4) is 0 Å². The first kappa shape index (κ1) is 29.5. The molecule has 1 heterocycles. The molecule has 38 heavy (non-hydrogen) atoms. The van der Waals surface area contributed by atoms with E-state index in [2.05, 4.69) is 10.6 Å². The van der Waals surface area contributed by atoms with Crippen molar-refractivity contribution in [2.24, 2.45) is 17.8 Å². The molecule has 9 heteroatoms. The highest BCUT2D eigenvalue weighted by Gasteiger charge is 2.58. The number of hydrogen-bond donors (Lipinski definition) is 2. The Morgan fingerprint density at radius 1 is 1.11 bits per heavy atom. The van der Waals surface area contributed by atoms with Crippen molar-refractivity contribution in [1.82, 2.24) is 20.4 Å². The SMILES string of the molecule is CC(C)C[C@@H](NC(=O)c1ccccc1OCC(=O)NC(C)(C)C)C(=O)N1CC2C[C@H]2C1C(=O)N(C)C(C)C. The second-order valence-corrected chi connectivity index (χ2v) is 12.4. The average molecular weight is 529 g/mol. The standard InChI is InChI=1S/C29H44N4O5/c1-17(2)13-22(27(36)33-15-19-14-21(19)25(33)28(37)32(8)18(3)4)30-26(35)20-11-9-10-12-23(20)38-16-24(34)31-29(5,6)7/h9-12,17-19,21-22,25H,13-16H2,1-8H3,(H,30,35)(H,31,34)/t19?,21-,22-,25?/m1/s1. The van der Waals surface area contributed by atoms with Crippen molar-refractivity contribution in [1.29, 1.82) is 0 Å². The second kappa shape index (κ2) is 11.7. The highest BCUT2D eigenvalue weighted by molar-refractivity contribution is 6.00. The Hall–Kier alpha value is -3.10. The van der Waals surface area contributed by atoms with Gasteiger partial charge in [-0.3, -0.25) is 19.2 Å². The first-order valence-electron chi connectivity index (χ1n) is 13.6. The van der Waals surface area contributed by atoms with Gasteiger partial charge in [0.2, 0.25) is 11.8 Å². The Balaban J connectivity index is 1.75. The molecular weight excluding hydrogens is 484 g/mol. The van der Waals surface area contributed by atoms with Gasteiger partial charge in [-0.1, -0.05) is 26.0 Å². The molecule has 1 saturated carbocycles. The van der Waals surface area contributed by atoms with E-state index in [-0.39, 0.29) is 53.5 Å². The van der Waals surface area contributed by atoms with Crippen molar-refractivity contribution in [3.63, 3.8) is 0 Å². The lowest BCUT2D eigenvalue weighted by molar-refractivity contribution is -0.146. The van der Waals surface area contributed by atoms with Crippen molar-refractivity contribution in [3.05, 3.63) is 29.8 Å². The lowest BCUT2D eigenvalue weighted by atomic mass is 10.0. The third kappa shape index (κ3) is 7.26. The van der Waals surface area contributed by atoms with Gasteiger partial charge in [0, 0.05) is 25.2 Å². The van der Waals surface area contributed by atoms with E-state index >= 15 is 0 Å². The van der Waals surface area contributed by atoms with Crippen LogP contribution in [0, 0.1) is 17.8 Å². The van der Waals surface area contributed by atoms with Crippen molar-refractivity contribution >= 4 is 23.6 Å². The molecule has 0 spiro atoms. The minimum Gasteiger partial charge on any atom is -0.483 e. The minimum atomic E-state index is -0.781. The number of nitrogens with one attached hydrogen (secondary N) is 2. The number of hydrogen-bond acceptors (Lipinski definition) is 5. The number of nitrogens with zero attached hydrogens (tertiary/aromatic N) is 2. The molecule has 1 aliphatic carbocycles. The van der Waals surface area contributed by atoms with Crippen LogP contribution in [0.1, 0.15) is 71.7 Å². The van der Waals surface area contributed by atoms with E-state index in [1.165, 1.54) is 0 Å². The highest BCUT2D eigenvalue weighted by Crippen LogP contribution is 2.50. The minimum absolute atomic E-state index is 0.0328. The van der Waals surface area contributed by atoms with Crippen molar-refractivity contribution in [2.75, 3.05) is 20.2 Å². The molecule has 0 bridgehead atoms. The monoisotopic (exact) mass is 528 g/mol. The summed E-state index contributed by atoms with van der Waals surface area (Å²) in [6, 6.07) is 5.44. The van der Waals surface area contributed by atoms with Crippen LogP contribution in [0.4, 0.5) is 0 Å². The third-order valence-corrected chi connectivity index (χ3v) is 7.12. The predicted octanol–water partition coefficient (Wildman–Crippen LogP) is 2.84. The van der Waals surface area contributed by atoms with Crippen molar-refractivity contribution < 1.29 is 23.9 Å². The van der Waals surface area contributed by atoms with E-state index in [4.69, 9.17) is 4.74 Å². The Bertz CT molecular complexity index is 1050. The van der Waals surface area contributed by atoms with Gasteiger partial charge in [0.1, 0.15) is 17.8 Å². The molecule has 3 rings (SSSR count). The zero-order chi connectivity index (χ0) is 28.4. The Morgan fingerprint density at radius 2 is 1.76 bits per heavy atom. The molecule has 9 nitrogen and oxygen atoms in total. The quantitative estimate of drug-likeness (QED) is 0.486. The van der Waals surface area contributed by atoms with Gasteiger partial charge in [0.15, 0.2) is 6.61 Å². The van der Waals surface area contributed by atoms with Crippen molar-refractivity contribution in [3.8, 4) is 5.75 Å². The predicted molar refractivity (Wildman–Crippen MR) is 146 cm³/mol. The summed E-state index contributed by atoms with van der Waals surface area (Å²) in [5.74, 6) is -0.0791. The molecule has 1 aliphatic heterocycles. The maximum absolute atomic E-state index is 13.8. The lowest BCUT2D eigenvalue weighted by Gasteiger charge is -2.34. The molecule has 0 radical (unpaired) electrons. The number of likely N-dealkylation sites (tertiary alicyclic amines) is 1. The number of amides is 4. The number of carbonyl (C=O) groups is 4. The Morgan fingerprint density at radius 3 is 2.37 bits per heavy atom. The van der Waals surface area contributed by atoms with Crippen LogP contribution in [0.2, 0.25) is 0 Å². The number of benzene rings is 1. The van der Waals surface area contributed by atoms with Gasteiger partial charge in [-0.05, 0) is 77.3 Å². The van der Waals surface area contributed by atoms with Crippen LogP contribution in [-0.4, -0.2) is 77.3 Å². The van der Waals surface area contributed by atoms with Crippen LogP contribution in [0.25, 0.3) is 0 Å². The molecular formula is C29H44N4O5. The van der Waals surface area contributed by atoms with Gasteiger partial charge in [-0.15, -0.1) is 0 Å². The molecule has 2 aliphatic rings. The average Bonchev–Trinajstić information content (AvgIpc) is 3.49. The van der Waals surface area contributed by atoms with Gasteiger partial charge in [-0.25, -0.2) is 0 Å². The fraction of sp³-hybridized carbons (Fsp3) is 0.655. The van der Waals surface area contributed by atoms with Crippen LogP contribution in [0.15, 0.2) is 24.3 Å². The zero-order valence-corrected chi connectivity index (χ0v) is 24.0. The Kier molecular flexibility index (Phi) is 9.10. The first-order chi connectivity index (χ1) is 17.7. The van der Waals surface area contributed by atoms with E-state index < -0.39 is 23.5 Å². The number of para-hydroxylation sites is 1. The number of ether oxygens (including phenoxy) is 1. The number of likely N-dealkylation sites (N-methyl/N-ethyl adjacent to an activating group) is 1. The summed E-state index contributed by atoms with van der Waals surface area (Å²) >= 11 is 0. The highest BCUT2D eigenvalue weighted by atomic mass is 16.5. The largest absolute Gasteiger partial charge is 0.483 e. The summed E-state index contributed by atoms with van der Waals surface area (Å²) in [5, 5.41) is 5.74. The van der Waals surface area contributed by atoms with Gasteiger partial charge in [-0.2, -0.15) is 0 Å². The molecule has 1 aromatic rings. The van der Waals surface area contributed by atoms with E-state index in [1.807, 2.05) is 48.5 Å². The molecule has 1 aromatic carbocycles. The molecule has 2 unspecified atom stereocenters. The van der Waals surface area contributed by atoms with Gasteiger partial charge >= 0.3 is 0 Å². The maximum atomic E-state index is 13.8. The van der Waals surface area contributed by atoms with Crippen LogP contribution in [0.5, 0.6) is 5.75 Å². The number of fused-ring (bicyclic) bond motifs is 1. The van der Waals surface area contributed by atoms with Crippen LogP contribution >= 0.6 is 0 Å². The van der Waals surface area contributed by atoms with Crippen LogP contribution in [-0.2, 0) is 14.4 Å². The molecule has 1 saturated heterocycles. The third-order valence-electron chi connectivity index (χ3n) is 7.12. The fourth-order valence-electron chi connectivity index (χ4n) is 4.98. The Labute approximate surface area is 226 Å². The number of rotatable bonds is 10. The summed E-state index contributed by atoms with van der Waals surface area (Å²) in [6.07, 6.45) is 1.40. The summed E-state index contributed by atoms with van der Waals surface area (Å²) in [6.45, 7) is 13.8. The van der Waals surface area contributed by atoms with Gasteiger partial charge in [0.05, 0.1) is 5.56 Å². The molecule has 4 amide bonds. The van der Waals surface area contributed by atoms with Crippen molar-refractivity contribution in [2.45, 2.75) is 85.0 Å². The molecule has 2 fully saturated rings. The second-order valence-electron chi connectivity index (χ2n) is 12.4. The molecule has 4 atom stereocenters. The lowest BCUT2D eigenvalue weighted by Crippen LogP contribution is -2.56.